The second-order valence-electron chi connectivity index (χ2n) is 5.19. The molecule has 7 nitrogen and oxygen atoms in total. The van der Waals surface area contributed by atoms with E-state index in [0.717, 1.165) is 25.7 Å². The summed E-state index contributed by atoms with van der Waals surface area (Å²) < 4.78 is 0. The van der Waals surface area contributed by atoms with Gasteiger partial charge in [0.15, 0.2) is 5.69 Å². The molecule has 0 aliphatic carbocycles. The van der Waals surface area contributed by atoms with Crippen molar-refractivity contribution in [2.24, 2.45) is 0 Å². The molecule has 0 atom stereocenters. The van der Waals surface area contributed by atoms with Crippen LogP contribution in [0.4, 0.5) is 0 Å². The van der Waals surface area contributed by atoms with Crippen LogP contribution < -0.4 is 5.32 Å². The van der Waals surface area contributed by atoms with Crippen molar-refractivity contribution in [2.45, 2.75) is 38.6 Å². The Morgan fingerprint density at radius 2 is 2.09 bits per heavy atom. The molecule has 0 saturated carbocycles. The predicted molar refractivity (Wildman–Crippen MR) is 80.6 cm³/mol. The van der Waals surface area contributed by atoms with Gasteiger partial charge in [0.2, 0.25) is 11.8 Å². The largest absolute Gasteiger partial charge is 0.476 e. The number of aromatic carboxylic acids is 1. The molecule has 1 fully saturated rings. The summed E-state index contributed by atoms with van der Waals surface area (Å²) in [6.45, 7) is 0.849. The number of amides is 2. The number of rotatable bonds is 5. The zero-order valence-electron chi connectivity index (χ0n) is 12.2. The number of likely N-dealkylation sites (tertiary alicyclic amines) is 1. The van der Waals surface area contributed by atoms with Crippen molar-refractivity contribution in [2.75, 3.05) is 13.1 Å². The fourth-order valence-corrected chi connectivity index (χ4v) is 2.98. The van der Waals surface area contributed by atoms with Crippen LogP contribution in [0, 0.1) is 0 Å². The van der Waals surface area contributed by atoms with Crippen molar-refractivity contribution in [1.82, 2.24) is 15.2 Å². The molecule has 120 valence electrons. The van der Waals surface area contributed by atoms with E-state index < -0.39 is 5.97 Å². The van der Waals surface area contributed by atoms with Gasteiger partial charge >= 0.3 is 5.97 Å². The lowest BCUT2D eigenvalue weighted by Gasteiger charge is -2.24. The predicted octanol–water partition coefficient (Wildman–Crippen LogP) is 1.25. The molecule has 0 bridgehead atoms. The lowest BCUT2D eigenvalue weighted by atomic mass is 10.1. The van der Waals surface area contributed by atoms with E-state index in [4.69, 9.17) is 5.11 Å². The van der Waals surface area contributed by atoms with Gasteiger partial charge < -0.3 is 15.3 Å². The summed E-state index contributed by atoms with van der Waals surface area (Å²) in [7, 11) is 0. The van der Waals surface area contributed by atoms with Crippen LogP contribution in [-0.4, -0.2) is 45.9 Å². The molecule has 0 aromatic carbocycles. The number of carbonyl (C=O) groups is 3. The minimum Gasteiger partial charge on any atom is -0.476 e. The van der Waals surface area contributed by atoms with E-state index >= 15 is 0 Å². The molecule has 2 rings (SSSR count). The summed E-state index contributed by atoms with van der Waals surface area (Å²) in [5, 5.41) is 13.4. The monoisotopic (exact) mass is 325 g/mol. The second-order valence-corrected chi connectivity index (χ2v) is 6.13. The van der Waals surface area contributed by atoms with Gasteiger partial charge in [-0.15, -0.1) is 11.3 Å². The lowest BCUT2D eigenvalue weighted by molar-refractivity contribution is -0.136. The average Bonchev–Trinajstić information content (AvgIpc) is 2.94. The zero-order valence-corrected chi connectivity index (χ0v) is 13.0. The van der Waals surface area contributed by atoms with Crippen LogP contribution in [0.2, 0.25) is 0 Å². The summed E-state index contributed by atoms with van der Waals surface area (Å²) in [5.74, 6) is -1.31. The van der Waals surface area contributed by atoms with Crippen LogP contribution >= 0.6 is 11.3 Å². The molecule has 0 radical (unpaired) electrons. The Hall–Kier alpha value is -1.96. The highest BCUT2D eigenvalue weighted by atomic mass is 32.1. The van der Waals surface area contributed by atoms with E-state index in [2.05, 4.69) is 10.3 Å². The zero-order chi connectivity index (χ0) is 15.9. The molecular weight excluding hydrogens is 306 g/mol. The van der Waals surface area contributed by atoms with Gasteiger partial charge in [0.25, 0.3) is 0 Å². The Labute approximate surface area is 132 Å². The fraction of sp³-hybridized carbons (Fsp3) is 0.571. The Balaban J connectivity index is 1.80. The van der Waals surface area contributed by atoms with E-state index in [1.54, 1.807) is 4.90 Å². The first-order valence-electron chi connectivity index (χ1n) is 7.28. The minimum atomic E-state index is -1.08. The number of carboxylic acids is 1. The highest BCUT2D eigenvalue weighted by Gasteiger charge is 2.18. The van der Waals surface area contributed by atoms with Gasteiger partial charge in [0.1, 0.15) is 5.01 Å². The second kappa shape index (κ2) is 7.88. The molecule has 1 aromatic rings. The van der Waals surface area contributed by atoms with Crippen molar-refractivity contribution < 1.29 is 19.5 Å². The molecule has 2 N–H and O–H groups in total. The van der Waals surface area contributed by atoms with Crippen LogP contribution in [0.15, 0.2) is 5.38 Å². The molecule has 8 heteroatoms. The maximum absolute atomic E-state index is 11.9. The van der Waals surface area contributed by atoms with Gasteiger partial charge in [-0.1, -0.05) is 12.8 Å². The maximum atomic E-state index is 11.9. The van der Waals surface area contributed by atoms with Crippen LogP contribution in [-0.2, 0) is 16.1 Å². The molecule has 0 unspecified atom stereocenters. The van der Waals surface area contributed by atoms with Gasteiger partial charge in [-0.25, -0.2) is 9.78 Å². The normalized spacial score (nSPS) is 16.0. The molecule has 0 spiro atoms. The van der Waals surface area contributed by atoms with Crippen LogP contribution in [0.25, 0.3) is 0 Å². The number of carbonyl (C=O) groups excluding carboxylic acids is 2. The highest BCUT2D eigenvalue weighted by molar-refractivity contribution is 7.09. The molecule has 1 aliphatic rings. The fourth-order valence-electron chi connectivity index (χ4n) is 2.28. The number of hydrogen-bond acceptors (Lipinski definition) is 5. The van der Waals surface area contributed by atoms with Crippen LogP contribution in [0.5, 0.6) is 0 Å². The SMILES string of the molecule is O=C(CN1CCCCCCC1=O)NCc1nc(C(=O)O)cs1. The van der Waals surface area contributed by atoms with Gasteiger partial charge in [-0.05, 0) is 12.8 Å². The third kappa shape index (κ3) is 4.80. The molecule has 2 amide bonds. The Morgan fingerprint density at radius 3 is 2.82 bits per heavy atom. The van der Waals surface area contributed by atoms with Gasteiger partial charge in [0, 0.05) is 18.3 Å². The van der Waals surface area contributed by atoms with Crippen molar-refractivity contribution in [3.05, 3.63) is 16.1 Å². The quantitative estimate of drug-likeness (QED) is 0.849. The van der Waals surface area contributed by atoms with Gasteiger partial charge in [-0.3, -0.25) is 9.59 Å². The van der Waals surface area contributed by atoms with Crippen LogP contribution in [0.3, 0.4) is 0 Å². The molecule has 22 heavy (non-hydrogen) atoms. The lowest BCUT2D eigenvalue weighted by Crippen LogP contribution is -2.41. The highest BCUT2D eigenvalue weighted by Crippen LogP contribution is 2.12. The van der Waals surface area contributed by atoms with Crippen LogP contribution in [0.1, 0.15) is 47.6 Å². The topological polar surface area (TPSA) is 99.6 Å². The summed E-state index contributed by atoms with van der Waals surface area (Å²) >= 11 is 1.19. The molecule has 1 aliphatic heterocycles. The third-order valence-corrected chi connectivity index (χ3v) is 4.31. The molecular formula is C14H19N3O4S. The number of aromatic nitrogens is 1. The van der Waals surface area contributed by atoms with E-state index in [9.17, 15) is 14.4 Å². The van der Waals surface area contributed by atoms with Crippen molar-refractivity contribution >= 4 is 29.1 Å². The van der Waals surface area contributed by atoms with Crippen molar-refractivity contribution in [3.63, 3.8) is 0 Å². The number of nitrogens with one attached hydrogen (secondary N) is 1. The number of hydrogen-bond donors (Lipinski definition) is 2. The van der Waals surface area contributed by atoms with E-state index in [1.807, 2.05) is 0 Å². The smallest absolute Gasteiger partial charge is 0.355 e. The summed E-state index contributed by atoms with van der Waals surface area (Å²) in [6, 6.07) is 0. The van der Waals surface area contributed by atoms with Crippen molar-refractivity contribution in [1.29, 1.82) is 0 Å². The first kappa shape index (κ1) is 16.4. The summed E-state index contributed by atoms with van der Waals surface area (Å²) in [4.78, 5) is 40.1. The summed E-state index contributed by atoms with van der Waals surface area (Å²) in [5.41, 5.74) is -0.0202. The molecule has 2 heterocycles. The third-order valence-electron chi connectivity index (χ3n) is 3.46. The Morgan fingerprint density at radius 1 is 1.32 bits per heavy atom. The maximum Gasteiger partial charge on any atom is 0.355 e. The van der Waals surface area contributed by atoms with Crippen molar-refractivity contribution in [3.8, 4) is 0 Å². The van der Waals surface area contributed by atoms with E-state index in [-0.39, 0.29) is 30.6 Å². The summed E-state index contributed by atoms with van der Waals surface area (Å²) in [6.07, 6.45) is 4.47. The average molecular weight is 325 g/mol. The Bertz CT molecular complexity index is 558. The Kier molecular flexibility index (Phi) is 5.88. The van der Waals surface area contributed by atoms with Gasteiger partial charge in [-0.2, -0.15) is 0 Å². The number of carboxylic acid groups (broad SMARTS) is 1. The van der Waals surface area contributed by atoms with Gasteiger partial charge in [0.05, 0.1) is 13.1 Å². The first-order chi connectivity index (χ1) is 10.6. The standard InChI is InChI=1S/C14H19N3O4S/c18-11(8-17-6-4-2-1-3-5-13(17)19)15-7-12-16-10(9-22-12)14(20)21/h9H,1-8H2,(H,15,18)(H,20,21). The minimum absolute atomic E-state index is 0.0202. The van der Waals surface area contributed by atoms with E-state index in [0.29, 0.717) is 18.0 Å². The number of nitrogens with zero attached hydrogens (tertiary/aromatic N) is 2. The number of thiazole rings is 1. The molecule has 1 aromatic heterocycles. The molecule has 1 saturated heterocycles. The van der Waals surface area contributed by atoms with E-state index in [1.165, 1.54) is 16.7 Å². The first-order valence-corrected chi connectivity index (χ1v) is 8.16.